The highest BCUT2D eigenvalue weighted by atomic mass is 16.5. The van der Waals surface area contributed by atoms with E-state index < -0.39 is 0 Å². The molecular weight excluding hydrogens is 346 g/mol. The van der Waals surface area contributed by atoms with E-state index in [1.807, 2.05) is 36.7 Å². The Hall–Kier alpha value is -3.07. The lowest BCUT2D eigenvalue weighted by Gasteiger charge is -2.18. The summed E-state index contributed by atoms with van der Waals surface area (Å²) < 4.78 is 11.9. The van der Waals surface area contributed by atoms with Crippen LogP contribution in [0.2, 0.25) is 0 Å². The van der Waals surface area contributed by atoms with Crippen molar-refractivity contribution in [1.82, 2.24) is 4.98 Å². The van der Waals surface area contributed by atoms with E-state index in [0.29, 0.717) is 0 Å². The molecule has 1 aromatic heterocycles. The number of hydrogen-bond acceptors (Lipinski definition) is 3. The monoisotopic (exact) mass is 371 g/mol. The van der Waals surface area contributed by atoms with E-state index in [1.165, 1.54) is 12.8 Å². The van der Waals surface area contributed by atoms with Gasteiger partial charge in [-0.15, -0.1) is 0 Å². The summed E-state index contributed by atoms with van der Waals surface area (Å²) in [6.07, 6.45) is 10.8. The highest BCUT2D eigenvalue weighted by Crippen LogP contribution is 2.36. The van der Waals surface area contributed by atoms with Crippen LogP contribution in [0.1, 0.15) is 42.4 Å². The van der Waals surface area contributed by atoms with Gasteiger partial charge in [0.05, 0.1) is 13.2 Å². The second-order valence-corrected chi connectivity index (χ2v) is 7.09. The van der Waals surface area contributed by atoms with E-state index >= 15 is 0 Å². The Morgan fingerprint density at radius 2 is 1.64 bits per heavy atom. The van der Waals surface area contributed by atoms with Crippen LogP contribution in [-0.2, 0) is 0 Å². The molecule has 0 atom stereocenters. The third kappa shape index (κ3) is 4.25. The van der Waals surface area contributed by atoms with E-state index in [2.05, 4.69) is 47.5 Å². The normalized spacial score (nSPS) is 14.8. The minimum atomic E-state index is 0.286. The van der Waals surface area contributed by atoms with Gasteiger partial charge in [-0.2, -0.15) is 0 Å². The molecule has 28 heavy (non-hydrogen) atoms. The zero-order valence-corrected chi connectivity index (χ0v) is 16.2. The van der Waals surface area contributed by atoms with E-state index in [4.69, 9.17) is 9.47 Å². The summed E-state index contributed by atoms with van der Waals surface area (Å²) in [5.74, 6) is 1.61. The van der Waals surface area contributed by atoms with Crippen molar-refractivity contribution in [2.45, 2.75) is 31.8 Å². The first-order valence-corrected chi connectivity index (χ1v) is 9.86. The Morgan fingerprint density at radius 1 is 0.893 bits per heavy atom. The van der Waals surface area contributed by atoms with Gasteiger partial charge >= 0.3 is 0 Å². The summed E-state index contributed by atoms with van der Waals surface area (Å²) in [4.78, 5) is 4.13. The molecule has 1 aliphatic carbocycles. The topological polar surface area (TPSA) is 31.4 Å². The fraction of sp³-hybridized carbons (Fsp3) is 0.240. The molecule has 142 valence electrons. The van der Waals surface area contributed by atoms with Crippen molar-refractivity contribution >= 4 is 11.6 Å². The van der Waals surface area contributed by atoms with E-state index in [0.717, 1.165) is 46.6 Å². The van der Waals surface area contributed by atoms with Crippen molar-refractivity contribution in [3.63, 3.8) is 0 Å². The van der Waals surface area contributed by atoms with Gasteiger partial charge in [0.15, 0.2) is 11.5 Å². The first-order valence-electron chi connectivity index (χ1n) is 9.86. The SMILES string of the molecule is COc1ccc(/C(=C\c2ccncc2)c2ccccc2)cc1OC1CCCC1. The van der Waals surface area contributed by atoms with Crippen LogP contribution < -0.4 is 9.47 Å². The average molecular weight is 371 g/mol. The number of benzene rings is 2. The van der Waals surface area contributed by atoms with Crippen LogP contribution in [0.15, 0.2) is 73.1 Å². The molecule has 3 aromatic rings. The largest absolute Gasteiger partial charge is 0.493 e. The highest BCUT2D eigenvalue weighted by molar-refractivity contribution is 5.91. The summed E-state index contributed by atoms with van der Waals surface area (Å²) >= 11 is 0. The molecule has 1 saturated carbocycles. The lowest BCUT2D eigenvalue weighted by atomic mass is 9.95. The molecule has 0 amide bonds. The number of rotatable bonds is 6. The average Bonchev–Trinajstić information content (AvgIpc) is 3.26. The number of methoxy groups -OCH3 is 1. The standard InChI is InChI=1S/C25H25NO2/c1-27-24-12-11-21(18-25(24)28-22-9-5-6-10-22)23(20-7-3-2-4-8-20)17-19-13-15-26-16-14-19/h2-4,7-8,11-18,22H,5-6,9-10H2,1H3/b23-17-. The zero-order valence-electron chi connectivity index (χ0n) is 16.2. The first kappa shape index (κ1) is 18.3. The maximum absolute atomic E-state index is 6.31. The molecule has 0 spiro atoms. The predicted molar refractivity (Wildman–Crippen MR) is 114 cm³/mol. The Balaban J connectivity index is 1.76. The molecule has 0 aliphatic heterocycles. The van der Waals surface area contributed by atoms with E-state index in [9.17, 15) is 0 Å². The van der Waals surface area contributed by atoms with Gasteiger partial charge in [0.1, 0.15) is 0 Å². The molecule has 1 aliphatic rings. The molecule has 0 bridgehead atoms. The van der Waals surface area contributed by atoms with Gasteiger partial charge in [0, 0.05) is 12.4 Å². The van der Waals surface area contributed by atoms with Gasteiger partial charge < -0.3 is 9.47 Å². The molecule has 3 heteroatoms. The number of pyridine rings is 1. The van der Waals surface area contributed by atoms with Gasteiger partial charge in [-0.05, 0) is 78.3 Å². The lowest BCUT2D eigenvalue weighted by molar-refractivity contribution is 0.201. The molecule has 1 fully saturated rings. The van der Waals surface area contributed by atoms with Gasteiger partial charge in [-0.3, -0.25) is 4.98 Å². The molecule has 2 aromatic carbocycles. The molecule has 0 radical (unpaired) electrons. The zero-order chi connectivity index (χ0) is 19.2. The fourth-order valence-corrected chi connectivity index (χ4v) is 3.70. The maximum atomic E-state index is 6.31. The van der Waals surface area contributed by atoms with Crippen molar-refractivity contribution < 1.29 is 9.47 Å². The van der Waals surface area contributed by atoms with E-state index in [-0.39, 0.29) is 6.10 Å². The van der Waals surface area contributed by atoms with Crippen molar-refractivity contribution in [2.24, 2.45) is 0 Å². The molecular formula is C25H25NO2. The Labute approximate surface area is 166 Å². The van der Waals surface area contributed by atoms with Crippen LogP contribution in [0.25, 0.3) is 11.6 Å². The third-order valence-electron chi connectivity index (χ3n) is 5.17. The van der Waals surface area contributed by atoms with Crippen molar-refractivity contribution in [2.75, 3.05) is 7.11 Å². The predicted octanol–water partition coefficient (Wildman–Crippen LogP) is 6.00. The van der Waals surface area contributed by atoms with Gasteiger partial charge in [0.25, 0.3) is 0 Å². The summed E-state index contributed by atoms with van der Waals surface area (Å²) in [6.45, 7) is 0. The smallest absolute Gasteiger partial charge is 0.162 e. The number of ether oxygens (including phenoxy) is 2. The summed E-state index contributed by atoms with van der Waals surface area (Å²) in [6, 6.07) is 20.7. The Morgan fingerprint density at radius 3 is 2.36 bits per heavy atom. The third-order valence-corrected chi connectivity index (χ3v) is 5.17. The van der Waals surface area contributed by atoms with Gasteiger partial charge in [-0.1, -0.05) is 36.4 Å². The number of nitrogens with zero attached hydrogens (tertiary/aromatic N) is 1. The molecule has 0 saturated heterocycles. The molecule has 4 rings (SSSR count). The minimum absolute atomic E-state index is 0.286. The van der Waals surface area contributed by atoms with Crippen LogP contribution in [0.4, 0.5) is 0 Å². The summed E-state index contributed by atoms with van der Waals surface area (Å²) in [5, 5.41) is 0. The van der Waals surface area contributed by atoms with Crippen molar-refractivity contribution in [1.29, 1.82) is 0 Å². The van der Waals surface area contributed by atoms with E-state index in [1.54, 1.807) is 7.11 Å². The summed E-state index contributed by atoms with van der Waals surface area (Å²) in [5.41, 5.74) is 4.53. The van der Waals surface area contributed by atoms with Crippen LogP contribution in [0, 0.1) is 0 Å². The van der Waals surface area contributed by atoms with Crippen LogP contribution >= 0.6 is 0 Å². The molecule has 3 nitrogen and oxygen atoms in total. The van der Waals surface area contributed by atoms with Crippen molar-refractivity contribution in [3.8, 4) is 11.5 Å². The molecule has 0 unspecified atom stereocenters. The summed E-state index contributed by atoms with van der Waals surface area (Å²) in [7, 11) is 1.70. The second-order valence-electron chi connectivity index (χ2n) is 7.09. The fourth-order valence-electron chi connectivity index (χ4n) is 3.70. The highest BCUT2D eigenvalue weighted by Gasteiger charge is 2.19. The number of hydrogen-bond donors (Lipinski definition) is 0. The maximum Gasteiger partial charge on any atom is 0.162 e. The minimum Gasteiger partial charge on any atom is -0.493 e. The van der Waals surface area contributed by atoms with Crippen LogP contribution in [0.3, 0.4) is 0 Å². The first-order chi connectivity index (χ1) is 13.8. The number of aromatic nitrogens is 1. The van der Waals surface area contributed by atoms with Crippen LogP contribution in [-0.4, -0.2) is 18.2 Å². The second kappa shape index (κ2) is 8.75. The Kier molecular flexibility index (Phi) is 5.72. The quantitative estimate of drug-likeness (QED) is 0.532. The molecule has 1 heterocycles. The van der Waals surface area contributed by atoms with Gasteiger partial charge in [-0.25, -0.2) is 0 Å². The Bertz CT molecular complexity index is 929. The van der Waals surface area contributed by atoms with Crippen molar-refractivity contribution in [3.05, 3.63) is 89.7 Å². The lowest BCUT2D eigenvalue weighted by Crippen LogP contribution is -2.11. The molecule has 0 N–H and O–H groups in total. The van der Waals surface area contributed by atoms with Crippen LogP contribution in [0.5, 0.6) is 11.5 Å². The van der Waals surface area contributed by atoms with Gasteiger partial charge in [0.2, 0.25) is 0 Å².